The van der Waals surface area contributed by atoms with Crippen LogP contribution in [-0.4, -0.2) is 57.6 Å². The van der Waals surface area contributed by atoms with Crippen molar-refractivity contribution in [1.29, 1.82) is 10.5 Å². The first-order valence-corrected chi connectivity index (χ1v) is 22.3. The number of halogens is 1. The minimum Gasteiger partial charge on any atom is -0.382 e. The molecule has 0 radical (unpaired) electrons. The number of benzene rings is 1. The summed E-state index contributed by atoms with van der Waals surface area (Å²) in [5.74, 6) is -0.275. The molecule has 0 amide bonds. The van der Waals surface area contributed by atoms with E-state index < -0.39 is 38.1 Å². The number of anilines is 1. The lowest BCUT2D eigenvalue weighted by atomic mass is 10.0. The van der Waals surface area contributed by atoms with Gasteiger partial charge in [-0.1, -0.05) is 110 Å². The molecule has 1 aromatic carbocycles. The number of phosphoric ester groups is 1. The van der Waals surface area contributed by atoms with Gasteiger partial charge in [0.2, 0.25) is 0 Å². The lowest BCUT2D eigenvalue weighted by Crippen LogP contribution is -2.32. The Morgan fingerprint density at radius 2 is 1.61 bits per heavy atom. The second-order valence-electron chi connectivity index (χ2n) is 15.1. The highest BCUT2D eigenvalue weighted by molar-refractivity contribution is 7.47. The maximum Gasteiger partial charge on any atom is 0.472 e. The maximum atomic E-state index is 14.1. The number of nitriles is 2. The number of nitrogens with two attached hydrogens (primary N) is 1. The van der Waals surface area contributed by atoms with Gasteiger partial charge in [-0.3, -0.25) is 9.05 Å². The molecule has 2 aromatic heterocycles. The van der Waals surface area contributed by atoms with Crippen molar-refractivity contribution in [3.8, 4) is 12.1 Å². The largest absolute Gasteiger partial charge is 0.472 e. The molecular weight excluding hydrogens is 750 g/mol. The standard InChI is InChI=1S/C42H62FN6O7P/c1-2-3-4-5-6-7-8-9-10-11-12-13-14-15-16-17-18-23-52-29-37(53-28-35-24-34(27-44)25-36(43)26-35)30-54-57(50,51)55-32-42(31-45)22-21-40(56-42)38-19-20-39-41(46)47-33-48-49(38)39/h19-20,24-26,33,37,40H,2-18,21-23,28-30,32H2,1H3,(H,50,51)(H2,46,47,48)/t37-,40-,42-/m1/s1. The zero-order valence-corrected chi connectivity index (χ0v) is 34.5. The van der Waals surface area contributed by atoms with Crippen LogP contribution in [0.5, 0.6) is 0 Å². The number of fused-ring (bicyclic) bond motifs is 1. The Kier molecular flexibility index (Phi) is 20.4. The molecule has 3 aromatic rings. The number of ether oxygens (including phenoxy) is 3. The Morgan fingerprint density at radius 1 is 0.965 bits per heavy atom. The second-order valence-corrected chi connectivity index (χ2v) is 16.6. The molecule has 0 saturated carbocycles. The number of nitrogens with zero attached hydrogens (tertiary/aromatic N) is 5. The topological polar surface area (TPSA) is 187 Å². The van der Waals surface area contributed by atoms with Gasteiger partial charge in [0.15, 0.2) is 11.4 Å². The van der Waals surface area contributed by atoms with Gasteiger partial charge >= 0.3 is 7.82 Å². The van der Waals surface area contributed by atoms with Crippen LogP contribution in [-0.2, 0) is 34.4 Å². The van der Waals surface area contributed by atoms with E-state index >= 15 is 0 Å². The van der Waals surface area contributed by atoms with Crippen LogP contribution >= 0.6 is 7.82 Å². The molecular formula is C42H62FN6O7P. The number of aromatic nitrogens is 3. The lowest BCUT2D eigenvalue weighted by molar-refractivity contribution is -0.0590. The average molecular weight is 813 g/mol. The normalized spacial score (nSPS) is 18.4. The average Bonchev–Trinajstić information content (AvgIpc) is 3.84. The SMILES string of the molecule is CCCCCCCCCCCCCCCCCCCOC[C@H](COP(=O)(O)OC[C@]1(C#N)CC[C@H](c2ccc3c(N)ncnn23)O1)OCc1cc(F)cc(C#N)c1. The third kappa shape index (κ3) is 16.4. The third-order valence-corrected chi connectivity index (χ3v) is 11.3. The van der Waals surface area contributed by atoms with Gasteiger partial charge in [0.05, 0.1) is 37.1 Å². The second kappa shape index (κ2) is 25.1. The van der Waals surface area contributed by atoms with E-state index in [1.165, 1.54) is 108 Å². The summed E-state index contributed by atoms with van der Waals surface area (Å²) in [6, 6.07) is 11.4. The molecule has 13 nitrogen and oxygen atoms in total. The summed E-state index contributed by atoms with van der Waals surface area (Å²) >= 11 is 0. The molecule has 1 aliphatic rings. The number of rotatable bonds is 30. The van der Waals surface area contributed by atoms with Crippen LogP contribution in [0.1, 0.15) is 152 Å². The Bertz CT molecular complexity index is 1770. The van der Waals surface area contributed by atoms with Crippen molar-refractivity contribution >= 4 is 19.2 Å². The van der Waals surface area contributed by atoms with E-state index in [0.717, 1.165) is 25.3 Å². The van der Waals surface area contributed by atoms with E-state index in [4.69, 9.17) is 29.0 Å². The van der Waals surface area contributed by atoms with E-state index in [1.54, 1.807) is 16.6 Å². The Balaban J connectivity index is 1.15. The van der Waals surface area contributed by atoms with Crippen molar-refractivity contribution in [2.45, 2.75) is 153 Å². The minimum absolute atomic E-state index is 0.0472. The number of nitrogen functional groups attached to an aromatic ring is 1. The van der Waals surface area contributed by atoms with Crippen molar-refractivity contribution in [2.75, 3.05) is 32.2 Å². The molecule has 1 unspecified atom stereocenters. The number of phosphoric acid groups is 1. The molecule has 1 saturated heterocycles. The molecule has 15 heteroatoms. The first-order chi connectivity index (χ1) is 27.7. The van der Waals surface area contributed by atoms with Crippen LogP contribution in [0.25, 0.3) is 5.52 Å². The van der Waals surface area contributed by atoms with Crippen molar-refractivity contribution in [3.63, 3.8) is 0 Å². The summed E-state index contributed by atoms with van der Waals surface area (Å²) < 4.78 is 57.2. The molecule has 1 aliphatic heterocycles. The van der Waals surface area contributed by atoms with Crippen LogP contribution in [0, 0.1) is 28.5 Å². The summed E-state index contributed by atoms with van der Waals surface area (Å²) in [6.45, 7) is 1.80. The summed E-state index contributed by atoms with van der Waals surface area (Å²) in [5, 5.41) is 23.5. The number of unbranched alkanes of at least 4 members (excludes halogenated alkanes) is 16. The van der Waals surface area contributed by atoms with Gasteiger partial charge in [-0.15, -0.1) is 0 Å². The zero-order valence-electron chi connectivity index (χ0n) is 33.6. The van der Waals surface area contributed by atoms with E-state index in [0.29, 0.717) is 35.6 Å². The fourth-order valence-corrected chi connectivity index (χ4v) is 7.90. The van der Waals surface area contributed by atoms with Gasteiger partial charge in [-0.25, -0.2) is 18.5 Å². The predicted molar refractivity (Wildman–Crippen MR) is 215 cm³/mol. The molecule has 3 heterocycles. The molecule has 1 fully saturated rings. The molecule has 0 aliphatic carbocycles. The van der Waals surface area contributed by atoms with Crippen molar-refractivity contribution in [2.24, 2.45) is 0 Å². The summed E-state index contributed by atoms with van der Waals surface area (Å²) in [7, 11) is -4.69. The zero-order chi connectivity index (χ0) is 40.8. The summed E-state index contributed by atoms with van der Waals surface area (Å²) in [4.78, 5) is 14.6. The molecule has 57 heavy (non-hydrogen) atoms. The molecule has 0 spiro atoms. The predicted octanol–water partition coefficient (Wildman–Crippen LogP) is 9.82. The number of hydrogen-bond donors (Lipinski definition) is 2. The van der Waals surface area contributed by atoms with E-state index in [9.17, 15) is 24.4 Å². The van der Waals surface area contributed by atoms with Gasteiger partial charge in [-0.2, -0.15) is 15.6 Å². The molecule has 0 bridgehead atoms. The quantitative estimate of drug-likeness (QED) is 0.0480. The fraction of sp³-hybridized carbons (Fsp3) is 0.667. The first-order valence-electron chi connectivity index (χ1n) is 20.9. The van der Waals surface area contributed by atoms with Crippen LogP contribution in [0.4, 0.5) is 10.2 Å². The van der Waals surface area contributed by atoms with Gasteiger partial charge < -0.3 is 24.8 Å². The van der Waals surface area contributed by atoms with Crippen LogP contribution in [0.2, 0.25) is 0 Å². The monoisotopic (exact) mass is 812 g/mol. The highest BCUT2D eigenvalue weighted by Crippen LogP contribution is 2.47. The van der Waals surface area contributed by atoms with E-state index in [2.05, 4.69) is 23.1 Å². The highest BCUT2D eigenvalue weighted by atomic mass is 31.2. The minimum atomic E-state index is -4.69. The Hall–Kier alpha value is -3.46. The van der Waals surface area contributed by atoms with Gasteiger partial charge in [-0.05, 0) is 55.2 Å². The third-order valence-electron chi connectivity index (χ3n) is 10.4. The van der Waals surface area contributed by atoms with Crippen LogP contribution in [0.3, 0.4) is 0 Å². The molecule has 314 valence electrons. The highest BCUT2D eigenvalue weighted by Gasteiger charge is 2.44. The Morgan fingerprint density at radius 3 is 2.25 bits per heavy atom. The smallest absolute Gasteiger partial charge is 0.382 e. The van der Waals surface area contributed by atoms with Gasteiger partial charge in [0, 0.05) is 6.61 Å². The maximum absolute atomic E-state index is 14.1. The number of hydrogen-bond acceptors (Lipinski definition) is 11. The van der Waals surface area contributed by atoms with Crippen LogP contribution in [0.15, 0.2) is 36.7 Å². The van der Waals surface area contributed by atoms with Crippen molar-refractivity contribution in [3.05, 3.63) is 59.3 Å². The Labute approximate surface area is 337 Å². The fourth-order valence-electron chi connectivity index (χ4n) is 7.10. The van der Waals surface area contributed by atoms with Crippen LogP contribution < -0.4 is 5.73 Å². The van der Waals surface area contributed by atoms with Gasteiger partial charge in [0.25, 0.3) is 0 Å². The summed E-state index contributed by atoms with van der Waals surface area (Å²) in [6.07, 6.45) is 22.4. The van der Waals surface area contributed by atoms with Crippen molar-refractivity contribution in [1.82, 2.24) is 14.6 Å². The van der Waals surface area contributed by atoms with E-state index in [-0.39, 0.29) is 31.8 Å². The van der Waals surface area contributed by atoms with Gasteiger partial charge in [0.1, 0.15) is 42.5 Å². The molecule has 3 N–H and O–H groups in total. The van der Waals surface area contributed by atoms with E-state index in [1.807, 2.05) is 6.07 Å². The molecule has 4 rings (SSSR count). The first kappa shape index (κ1) is 46.2. The van der Waals surface area contributed by atoms with Crippen molar-refractivity contribution < 1.29 is 37.1 Å². The summed E-state index contributed by atoms with van der Waals surface area (Å²) in [5.41, 5.74) is 6.27. The molecule has 4 atom stereocenters. The lowest BCUT2D eigenvalue weighted by Gasteiger charge is -2.24.